The van der Waals surface area contributed by atoms with Crippen LogP contribution in [0.5, 0.6) is 0 Å². The first-order valence-electron chi connectivity index (χ1n) is 6.21. The summed E-state index contributed by atoms with van der Waals surface area (Å²) in [6.07, 6.45) is 2.47. The van der Waals surface area contributed by atoms with Gasteiger partial charge in [0.1, 0.15) is 5.76 Å². The first-order chi connectivity index (χ1) is 8.58. The van der Waals surface area contributed by atoms with E-state index in [4.69, 9.17) is 21.8 Å². The summed E-state index contributed by atoms with van der Waals surface area (Å²) >= 11 is 6.04. The predicted molar refractivity (Wildman–Crippen MR) is 70.5 cm³/mol. The summed E-state index contributed by atoms with van der Waals surface area (Å²) in [5, 5.41) is 1.36. The first-order valence-corrected chi connectivity index (χ1v) is 6.59. The van der Waals surface area contributed by atoms with Crippen LogP contribution in [0.2, 0.25) is 5.02 Å². The summed E-state index contributed by atoms with van der Waals surface area (Å²) in [6, 6.07) is 7.11. The lowest BCUT2D eigenvalue weighted by molar-refractivity contribution is 0.0709. The molecule has 1 saturated carbocycles. The van der Waals surface area contributed by atoms with Crippen LogP contribution in [0.15, 0.2) is 28.7 Å². The van der Waals surface area contributed by atoms with Gasteiger partial charge in [0.25, 0.3) is 0 Å². The van der Waals surface area contributed by atoms with E-state index in [-0.39, 0.29) is 6.04 Å². The Morgan fingerprint density at radius 2 is 2.28 bits per heavy atom. The molecule has 0 aliphatic heterocycles. The summed E-state index contributed by atoms with van der Waals surface area (Å²) in [5.41, 5.74) is 4.98. The Morgan fingerprint density at radius 3 is 3.00 bits per heavy atom. The number of hydrogen-bond acceptors (Lipinski definition) is 2. The smallest absolute Gasteiger partial charge is 0.169 e. The van der Waals surface area contributed by atoms with E-state index in [1.165, 1.54) is 0 Å². The molecule has 0 amide bonds. The summed E-state index contributed by atoms with van der Waals surface area (Å²) in [6.45, 7) is 0. The average Bonchev–Trinajstić information content (AvgIpc) is 2.75. The lowest BCUT2D eigenvalue weighted by Crippen LogP contribution is -2.35. The molecule has 0 bridgehead atoms. The molecule has 0 spiro atoms. The van der Waals surface area contributed by atoms with Crippen LogP contribution in [0, 0.1) is 0 Å². The van der Waals surface area contributed by atoms with Crippen molar-refractivity contribution in [2.45, 2.75) is 37.4 Å². The van der Waals surface area contributed by atoms with Crippen LogP contribution in [0.4, 0.5) is 4.39 Å². The van der Waals surface area contributed by atoms with Gasteiger partial charge in [-0.15, -0.1) is 0 Å². The average molecular weight is 268 g/mol. The Kier molecular flexibility index (Phi) is 2.83. The van der Waals surface area contributed by atoms with Crippen molar-refractivity contribution in [3.05, 3.63) is 35.0 Å². The Bertz CT molecular complexity index is 582. The number of furan rings is 1. The largest absolute Gasteiger partial charge is 0.456 e. The second-order valence-electron chi connectivity index (χ2n) is 5.09. The standard InChI is InChI=1S/C14H15ClFNO/c15-11-5-1-3-9-7-12(18-13(9)11)14(16)6-2-4-10(17)8-14/h1,3,5,7,10H,2,4,6,8,17H2. The van der Waals surface area contributed by atoms with Crippen LogP contribution in [-0.4, -0.2) is 6.04 Å². The Balaban J connectivity index is 2.06. The third kappa shape index (κ3) is 1.91. The third-order valence-electron chi connectivity index (χ3n) is 3.67. The second kappa shape index (κ2) is 4.25. The fraction of sp³-hybridized carbons (Fsp3) is 0.429. The maximum atomic E-state index is 14.9. The fourth-order valence-corrected chi connectivity index (χ4v) is 2.96. The predicted octanol–water partition coefficient (Wildman–Crippen LogP) is 4.15. The summed E-state index contributed by atoms with van der Waals surface area (Å²) in [5.74, 6) is 0.362. The summed E-state index contributed by atoms with van der Waals surface area (Å²) < 4.78 is 20.5. The molecule has 1 heterocycles. The van der Waals surface area contributed by atoms with Crippen molar-refractivity contribution in [1.82, 2.24) is 0 Å². The monoisotopic (exact) mass is 267 g/mol. The maximum absolute atomic E-state index is 14.9. The van der Waals surface area contributed by atoms with E-state index in [1.807, 2.05) is 12.1 Å². The summed E-state index contributed by atoms with van der Waals surface area (Å²) in [7, 11) is 0. The third-order valence-corrected chi connectivity index (χ3v) is 3.97. The van der Waals surface area contributed by atoms with Gasteiger partial charge in [-0.1, -0.05) is 23.7 Å². The number of nitrogens with two attached hydrogens (primary N) is 1. The summed E-state index contributed by atoms with van der Waals surface area (Å²) in [4.78, 5) is 0. The zero-order chi connectivity index (χ0) is 12.8. The molecule has 3 rings (SSSR count). The topological polar surface area (TPSA) is 39.2 Å². The molecule has 4 heteroatoms. The van der Waals surface area contributed by atoms with E-state index in [9.17, 15) is 4.39 Å². The highest BCUT2D eigenvalue weighted by Gasteiger charge is 2.40. The van der Waals surface area contributed by atoms with Crippen LogP contribution in [0.25, 0.3) is 11.0 Å². The van der Waals surface area contributed by atoms with Gasteiger partial charge in [0, 0.05) is 17.8 Å². The molecule has 96 valence electrons. The number of fused-ring (bicyclic) bond motifs is 1. The van der Waals surface area contributed by atoms with E-state index >= 15 is 0 Å². The highest BCUT2D eigenvalue weighted by Crippen LogP contribution is 2.43. The van der Waals surface area contributed by atoms with Crippen molar-refractivity contribution >= 4 is 22.6 Å². The minimum absolute atomic E-state index is 0.0903. The number of para-hydroxylation sites is 1. The molecule has 2 aromatic rings. The number of rotatable bonds is 1. The Hall–Kier alpha value is -1.06. The van der Waals surface area contributed by atoms with Gasteiger partial charge in [0.2, 0.25) is 0 Å². The lowest BCUT2D eigenvalue weighted by atomic mass is 9.82. The van der Waals surface area contributed by atoms with Gasteiger partial charge in [0.15, 0.2) is 11.3 Å². The van der Waals surface area contributed by atoms with Crippen molar-refractivity contribution in [3.63, 3.8) is 0 Å². The van der Waals surface area contributed by atoms with E-state index in [2.05, 4.69) is 0 Å². The molecule has 1 aliphatic carbocycles. The molecule has 2 N–H and O–H groups in total. The van der Waals surface area contributed by atoms with Gasteiger partial charge in [-0.2, -0.15) is 0 Å². The number of benzene rings is 1. The number of halogens is 2. The second-order valence-corrected chi connectivity index (χ2v) is 5.50. The molecule has 2 unspecified atom stereocenters. The SMILES string of the molecule is NC1CCCC(F)(c2cc3cccc(Cl)c3o2)C1. The molecule has 1 aromatic carbocycles. The molecule has 1 fully saturated rings. The van der Waals surface area contributed by atoms with Crippen LogP contribution >= 0.6 is 11.6 Å². The molecule has 2 atom stereocenters. The van der Waals surface area contributed by atoms with Crippen molar-refractivity contribution in [1.29, 1.82) is 0 Å². The maximum Gasteiger partial charge on any atom is 0.169 e. The van der Waals surface area contributed by atoms with Crippen LogP contribution < -0.4 is 5.73 Å². The van der Waals surface area contributed by atoms with Crippen LogP contribution in [0.3, 0.4) is 0 Å². The molecular weight excluding hydrogens is 253 g/mol. The Morgan fingerprint density at radius 1 is 1.44 bits per heavy atom. The quantitative estimate of drug-likeness (QED) is 0.843. The van der Waals surface area contributed by atoms with E-state index in [0.29, 0.717) is 29.2 Å². The van der Waals surface area contributed by atoms with Crippen molar-refractivity contribution in [2.24, 2.45) is 5.73 Å². The zero-order valence-electron chi connectivity index (χ0n) is 9.96. The highest BCUT2D eigenvalue weighted by molar-refractivity contribution is 6.34. The number of alkyl halides is 1. The minimum atomic E-state index is -1.44. The highest BCUT2D eigenvalue weighted by atomic mass is 35.5. The van der Waals surface area contributed by atoms with Gasteiger partial charge in [0.05, 0.1) is 5.02 Å². The number of hydrogen-bond donors (Lipinski definition) is 1. The zero-order valence-corrected chi connectivity index (χ0v) is 10.7. The first kappa shape index (κ1) is 12.0. The van der Waals surface area contributed by atoms with Gasteiger partial charge < -0.3 is 10.2 Å². The van der Waals surface area contributed by atoms with E-state index in [1.54, 1.807) is 12.1 Å². The van der Waals surface area contributed by atoms with Gasteiger partial charge in [-0.05, 0) is 31.4 Å². The van der Waals surface area contributed by atoms with E-state index in [0.717, 1.165) is 18.2 Å². The molecule has 0 saturated heterocycles. The molecule has 1 aliphatic rings. The molecule has 0 radical (unpaired) electrons. The lowest BCUT2D eigenvalue weighted by Gasteiger charge is -2.31. The van der Waals surface area contributed by atoms with Gasteiger partial charge >= 0.3 is 0 Å². The minimum Gasteiger partial charge on any atom is -0.456 e. The van der Waals surface area contributed by atoms with E-state index < -0.39 is 5.67 Å². The van der Waals surface area contributed by atoms with Gasteiger partial charge in [-0.3, -0.25) is 0 Å². The fourth-order valence-electron chi connectivity index (χ4n) is 2.74. The van der Waals surface area contributed by atoms with Crippen LogP contribution in [0.1, 0.15) is 31.4 Å². The molecule has 2 nitrogen and oxygen atoms in total. The van der Waals surface area contributed by atoms with Crippen molar-refractivity contribution in [2.75, 3.05) is 0 Å². The molecular formula is C14H15ClFNO. The molecule has 18 heavy (non-hydrogen) atoms. The normalized spacial score (nSPS) is 28.7. The van der Waals surface area contributed by atoms with Gasteiger partial charge in [-0.25, -0.2) is 4.39 Å². The van der Waals surface area contributed by atoms with Crippen LogP contribution in [-0.2, 0) is 5.67 Å². The van der Waals surface area contributed by atoms with Crippen molar-refractivity contribution < 1.29 is 8.81 Å². The van der Waals surface area contributed by atoms with Crippen molar-refractivity contribution in [3.8, 4) is 0 Å². The molecule has 1 aromatic heterocycles. The Labute approximate surface area is 110 Å².